The number of rotatable bonds is 4. The van der Waals surface area contributed by atoms with Gasteiger partial charge in [-0.2, -0.15) is 0 Å². The van der Waals surface area contributed by atoms with Crippen molar-refractivity contribution in [3.05, 3.63) is 15.6 Å². The minimum Gasteiger partial charge on any atom is -0.480 e. The first-order valence-corrected chi connectivity index (χ1v) is 5.68. The molecule has 0 saturated carbocycles. The van der Waals surface area contributed by atoms with Crippen LogP contribution >= 0.6 is 11.3 Å². The molecule has 0 aliphatic rings. The van der Waals surface area contributed by atoms with Gasteiger partial charge in [-0.3, -0.25) is 4.79 Å². The summed E-state index contributed by atoms with van der Waals surface area (Å²) in [7, 11) is 0. The van der Waals surface area contributed by atoms with Gasteiger partial charge in [-0.15, -0.1) is 23.7 Å². The van der Waals surface area contributed by atoms with Gasteiger partial charge in [-0.1, -0.05) is 0 Å². The van der Waals surface area contributed by atoms with Gasteiger partial charge in [0, 0.05) is 6.42 Å². The average molecular weight is 252 g/mol. The van der Waals surface area contributed by atoms with Crippen molar-refractivity contribution in [2.24, 2.45) is 0 Å². The minimum atomic E-state index is -1.14. The van der Waals surface area contributed by atoms with Crippen molar-refractivity contribution in [2.75, 3.05) is 0 Å². The molecule has 2 N–H and O–H groups in total. The first-order chi connectivity index (χ1) is 7.95. The van der Waals surface area contributed by atoms with Crippen molar-refractivity contribution in [3.63, 3.8) is 0 Å². The van der Waals surface area contributed by atoms with Gasteiger partial charge in [0.25, 0.3) is 5.91 Å². The van der Waals surface area contributed by atoms with Gasteiger partial charge in [0.1, 0.15) is 10.9 Å². The van der Waals surface area contributed by atoms with Gasteiger partial charge < -0.3 is 10.4 Å². The highest BCUT2D eigenvalue weighted by Gasteiger charge is 2.22. The van der Waals surface area contributed by atoms with Crippen LogP contribution < -0.4 is 5.32 Å². The lowest BCUT2D eigenvalue weighted by atomic mass is 10.2. The summed E-state index contributed by atoms with van der Waals surface area (Å²) in [5.74, 6) is 0.626. The van der Waals surface area contributed by atoms with Crippen LogP contribution in [0.1, 0.15) is 26.8 Å². The maximum absolute atomic E-state index is 11.8. The Morgan fingerprint density at radius 2 is 2.24 bits per heavy atom. The molecule has 5 nitrogen and oxygen atoms in total. The molecule has 0 bridgehead atoms. The second kappa shape index (κ2) is 5.46. The van der Waals surface area contributed by atoms with E-state index in [0.717, 1.165) is 5.01 Å². The Labute approximate surface area is 103 Å². The third-order valence-electron chi connectivity index (χ3n) is 2.04. The van der Waals surface area contributed by atoms with Gasteiger partial charge in [-0.05, 0) is 13.8 Å². The first kappa shape index (κ1) is 13.2. The van der Waals surface area contributed by atoms with Crippen molar-refractivity contribution < 1.29 is 14.7 Å². The number of carboxylic acid groups (broad SMARTS) is 1. The smallest absolute Gasteiger partial charge is 0.327 e. The SMILES string of the molecule is C#CCC(NC(=O)c1sc(C)nc1C)C(=O)O. The van der Waals surface area contributed by atoms with Crippen LogP contribution in [-0.4, -0.2) is 28.0 Å². The van der Waals surface area contributed by atoms with E-state index in [9.17, 15) is 9.59 Å². The summed E-state index contributed by atoms with van der Waals surface area (Å²) >= 11 is 1.23. The van der Waals surface area contributed by atoms with Crippen LogP contribution in [0.2, 0.25) is 0 Å². The van der Waals surface area contributed by atoms with E-state index >= 15 is 0 Å². The van der Waals surface area contributed by atoms with Crippen LogP contribution in [0.5, 0.6) is 0 Å². The molecule has 1 unspecified atom stereocenters. The zero-order valence-corrected chi connectivity index (χ0v) is 10.3. The highest BCUT2D eigenvalue weighted by Crippen LogP contribution is 2.17. The number of terminal acetylenes is 1. The number of carbonyl (C=O) groups excluding carboxylic acids is 1. The fourth-order valence-corrected chi connectivity index (χ4v) is 2.11. The highest BCUT2D eigenvalue weighted by atomic mass is 32.1. The second-order valence-electron chi connectivity index (χ2n) is 3.42. The number of amides is 1. The Morgan fingerprint density at radius 3 is 2.65 bits per heavy atom. The molecule has 0 aliphatic heterocycles. The largest absolute Gasteiger partial charge is 0.480 e. The Morgan fingerprint density at radius 1 is 1.59 bits per heavy atom. The molecule has 0 aliphatic carbocycles. The monoisotopic (exact) mass is 252 g/mol. The number of aliphatic carboxylic acids is 1. The summed E-state index contributed by atoms with van der Waals surface area (Å²) in [4.78, 5) is 27.1. The van der Waals surface area contributed by atoms with E-state index < -0.39 is 17.9 Å². The lowest BCUT2D eigenvalue weighted by Gasteiger charge is -2.10. The number of hydrogen-bond donors (Lipinski definition) is 2. The molecule has 1 aromatic heterocycles. The van der Waals surface area contributed by atoms with Crippen molar-refractivity contribution in [2.45, 2.75) is 26.3 Å². The Kier molecular flexibility index (Phi) is 4.24. The van der Waals surface area contributed by atoms with Gasteiger partial charge in [0.2, 0.25) is 0 Å². The molecule has 1 rings (SSSR count). The maximum Gasteiger partial charge on any atom is 0.327 e. The normalized spacial score (nSPS) is 11.6. The number of nitrogens with zero attached hydrogens (tertiary/aromatic N) is 1. The van der Waals surface area contributed by atoms with E-state index in [1.54, 1.807) is 13.8 Å². The van der Waals surface area contributed by atoms with Gasteiger partial charge in [-0.25, -0.2) is 9.78 Å². The van der Waals surface area contributed by atoms with Crippen LogP contribution in [0.3, 0.4) is 0 Å². The molecule has 0 fully saturated rings. The van der Waals surface area contributed by atoms with Crippen molar-refractivity contribution in [1.29, 1.82) is 0 Å². The predicted octanol–water partition coefficient (Wildman–Crippen LogP) is 0.966. The number of thiazole rings is 1. The second-order valence-corrected chi connectivity index (χ2v) is 4.62. The number of hydrogen-bond acceptors (Lipinski definition) is 4. The molecule has 0 spiro atoms. The van der Waals surface area contributed by atoms with Crippen molar-refractivity contribution in [1.82, 2.24) is 10.3 Å². The lowest BCUT2D eigenvalue weighted by Crippen LogP contribution is -2.40. The third-order valence-corrected chi connectivity index (χ3v) is 3.11. The molecular weight excluding hydrogens is 240 g/mol. The summed E-state index contributed by atoms with van der Waals surface area (Å²) in [5.41, 5.74) is 0.592. The topological polar surface area (TPSA) is 79.3 Å². The quantitative estimate of drug-likeness (QED) is 0.782. The lowest BCUT2D eigenvalue weighted by molar-refractivity contribution is -0.139. The van der Waals surface area contributed by atoms with E-state index in [0.29, 0.717) is 10.6 Å². The molecule has 0 aromatic carbocycles. The molecule has 1 atom stereocenters. The minimum absolute atomic E-state index is 0.0437. The Balaban J connectivity index is 2.81. The standard InChI is InChI=1S/C11H12N2O3S/c1-4-5-8(11(15)16)13-10(14)9-6(2)12-7(3)17-9/h1,8H,5H2,2-3H3,(H,13,14)(H,15,16). The van der Waals surface area contributed by atoms with Gasteiger partial charge in [0.05, 0.1) is 10.7 Å². The summed E-state index contributed by atoms with van der Waals surface area (Å²) < 4.78 is 0. The number of aryl methyl sites for hydroxylation is 2. The third kappa shape index (κ3) is 3.29. The van der Waals surface area contributed by atoms with Crippen LogP contribution in [0, 0.1) is 26.2 Å². The van der Waals surface area contributed by atoms with Crippen molar-refractivity contribution in [3.8, 4) is 12.3 Å². The average Bonchev–Trinajstić information content (AvgIpc) is 2.57. The zero-order valence-electron chi connectivity index (χ0n) is 9.48. The van der Waals surface area contributed by atoms with Crippen molar-refractivity contribution >= 4 is 23.2 Å². The fraction of sp³-hybridized carbons (Fsp3) is 0.364. The maximum atomic E-state index is 11.8. The summed E-state index contributed by atoms with van der Waals surface area (Å²) in [6.45, 7) is 3.49. The summed E-state index contributed by atoms with van der Waals surface area (Å²) in [5, 5.41) is 12.0. The molecule has 1 aromatic rings. The molecule has 0 saturated heterocycles. The summed E-state index contributed by atoms with van der Waals surface area (Å²) in [6, 6.07) is -1.06. The molecule has 1 amide bonds. The van der Waals surface area contributed by atoms with Gasteiger partial charge in [0.15, 0.2) is 0 Å². The molecule has 6 heteroatoms. The number of carbonyl (C=O) groups is 2. The van der Waals surface area contributed by atoms with Crippen LogP contribution in [-0.2, 0) is 4.79 Å². The van der Waals surface area contributed by atoms with E-state index in [2.05, 4.69) is 16.2 Å². The molecule has 1 heterocycles. The fourth-order valence-electron chi connectivity index (χ4n) is 1.28. The number of carboxylic acids is 1. The Hall–Kier alpha value is -1.87. The first-order valence-electron chi connectivity index (χ1n) is 4.87. The highest BCUT2D eigenvalue weighted by molar-refractivity contribution is 7.13. The van der Waals surface area contributed by atoms with E-state index in [1.165, 1.54) is 11.3 Å². The predicted molar refractivity (Wildman–Crippen MR) is 63.9 cm³/mol. The number of nitrogens with one attached hydrogen (secondary N) is 1. The zero-order chi connectivity index (χ0) is 13.0. The van der Waals surface area contributed by atoms with E-state index in [1.807, 2.05) is 0 Å². The van der Waals surface area contributed by atoms with Crippen LogP contribution in [0.25, 0.3) is 0 Å². The Bertz CT molecular complexity index is 487. The van der Waals surface area contributed by atoms with Gasteiger partial charge >= 0.3 is 5.97 Å². The summed E-state index contributed by atoms with van der Waals surface area (Å²) in [6.07, 6.45) is 5.00. The van der Waals surface area contributed by atoms with Crippen LogP contribution in [0.15, 0.2) is 0 Å². The van der Waals surface area contributed by atoms with E-state index in [4.69, 9.17) is 11.5 Å². The van der Waals surface area contributed by atoms with E-state index in [-0.39, 0.29) is 6.42 Å². The number of aromatic nitrogens is 1. The molecule has 17 heavy (non-hydrogen) atoms. The van der Waals surface area contributed by atoms with Crippen LogP contribution in [0.4, 0.5) is 0 Å². The molecular formula is C11H12N2O3S. The molecule has 0 radical (unpaired) electrons. The molecule has 90 valence electrons.